The zero-order valence-corrected chi connectivity index (χ0v) is 15.5. The molecule has 0 saturated heterocycles. The van der Waals surface area contributed by atoms with E-state index in [4.69, 9.17) is 9.47 Å². The number of methoxy groups -OCH3 is 3. The molecule has 2 aromatic carbocycles. The van der Waals surface area contributed by atoms with Gasteiger partial charge in [0.15, 0.2) is 0 Å². The second-order valence-electron chi connectivity index (χ2n) is 5.71. The van der Waals surface area contributed by atoms with Crippen molar-refractivity contribution in [2.75, 3.05) is 21.3 Å². The maximum atomic E-state index is 11.8. The van der Waals surface area contributed by atoms with E-state index in [-0.39, 0.29) is 11.5 Å². The van der Waals surface area contributed by atoms with Crippen LogP contribution < -0.4 is 9.47 Å². The summed E-state index contributed by atoms with van der Waals surface area (Å²) in [6.45, 7) is 0. The van der Waals surface area contributed by atoms with E-state index in [0.29, 0.717) is 23.5 Å². The van der Waals surface area contributed by atoms with Crippen molar-refractivity contribution < 1.29 is 28.9 Å². The fourth-order valence-electron chi connectivity index (χ4n) is 2.89. The van der Waals surface area contributed by atoms with Crippen LogP contribution in [-0.4, -0.2) is 38.4 Å². The van der Waals surface area contributed by atoms with Crippen LogP contribution in [0.15, 0.2) is 54.6 Å². The lowest BCUT2D eigenvalue weighted by atomic mass is 9.84. The van der Waals surface area contributed by atoms with Gasteiger partial charge in [0, 0.05) is 17.6 Å². The second-order valence-corrected chi connectivity index (χ2v) is 5.71. The Morgan fingerprint density at radius 3 is 2.30 bits per heavy atom. The number of aromatic carboxylic acids is 1. The Bertz CT molecular complexity index is 823. The van der Waals surface area contributed by atoms with E-state index in [1.165, 1.54) is 20.3 Å². The number of rotatable bonds is 8. The number of carbonyl (C=O) groups excluding carboxylic acids is 1. The van der Waals surface area contributed by atoms with Crippen molar-refractivity contribution in [2.45, 2.75) is 12.3 Å². The first kappa shape index (κ1) is 20.0. The lowest BCUT2D eigenvalue weighted by Crippen LogP contribution is -2.11. The highest BCUT2D eigenvalue weighted by atomic mass is 16.5. The molecule has 0 bridgehead atoms. The summed E-state index contributed by atoms with van der Waals surface area (Å²) in [6, 6.07) is 12.3. The summed E-state index contributed by atoms with van der Waals surface area (Å²) in [5.41, 5.74) is 1.58. The average molecular weight is 370 g/mol. The van der Waals surface area contributed by atoms with Gasteiger partial charge in [0.25, 0.3) is 0 Å². The molecular weight excluding hydrogens is 348 g/mol. The summed E-state index contributed by atoms with van der Waals surface area (Å²) < 4.78 is 15.2. The van der Waals surface area contributed by atoms with Gasteiger partial charge in [-0.2, -0.15) is 0 Å². The molecule has 0 saturated carbocycles. The van der Waals surface area contributed by atoms with Crippen LogP contribution in [0.25, 0.3) is 0 Å². The molecular formula is C21H22O6. The normalized spacial score (nSPS) is 11.8. The van der Waals surface area contributed by atoms with Gasteiger partial charge in [-0.25, -0.2) is 9.59 Å². The molecule has 0 heterocycles. The fraction of sp³-hybridized carbons (Fsp3) is 0.238. The van der Waals surface area contributed by atoms with Crippen molar-refractivity contribution in [3.8, 4) is 11.5 Å². The largest absolute Gasteiger partial charge is 0.497 e. The highest BCUT2D eigenvalue weighted by molar-refractivity contribution is 5.91. The first-order valence-electron chi connectivity index (χ1n) is 8.30. The van der Waals surface area contributed by atoms with Gasteiger partial charge in [-0.3, -0.25) is 0 Å². The molecule has 2 rings (SSSR count). The van der Waals surface area contributed by atoms with Gasteiger partial charge in [-0.15, -0.1) is 0 Å². The quantitative estimate of drug-likeness (QED) is 0.564. The zero-order valence-electron chi connectivity index (χ0n) is 15.5. The minimum Gasteiger partial charge on any atom is -0.497 e. The standard InChI is InChI=1S/C21H22O6/c1-25-15-12-10-14(11-13-15)16(6-5-9-19(22)27-3)20-17(21(23)24)7-4-8-18(20)26-2/h4-5,7-13,16H,6H2,1-3H3,(H,23,24)/b9-5+. The van der Waals surface area contributed by atoms with E-state index in [0.717, 1.165) is 5.56 Å². The predicted octanol–water partition coefficient (Wildman–Crippen LogP) is 3.65. The van der Waals surface area contributed by atoms with E-state index in [9.17, 15) is 14.7 Å². The molecule has 1 atom stereocenters. The molecule has 0 aliphatic heterocycles. The minimum absolute atomic E-state index is 0.154. The number of benzene rings is 2. The smallest absolute Gasteiger partial charge is 0.336 e. The number of allylic oxidation sites excluding steroid dienone is 1. The van der Waals surface area contributed by atoms with Crippen molar-refractivity contribution >= 4 is 11.9 Å². The van der Waals surface area contributed by atoms with Gasteiger partial charge < -0.3 is 19.3 Å². The van der Waals surface area contributed by atoms with Gasteiger partial charge in [0.1, 0.15) is 11.5 Å². The Morgan fingerprint density at radius 1 is 1.04 bits per heavy atom. The number of esters is 1. The van der Waals surface area contributed by atoms with Crippen LogP contribution in [0, 0.1) is 0 Å². The third kappa shape index (κ3) is 4.88. The summed E-state index contributed by atoms with van der Waals surface area (Å²) in [4.78, 5) is 23.2. The molecule has 6 heteroatoms. The van der Waals surface area contributed by atoms with Gasteiger partial charge >= 0.3 is 11.9 Å². The van der Waals surface area contributed by atoms with E-state index in [1.54, 1.807) is 31.4 Å². The van der Waals surface area contributed by atoms with Crippen molar-refractivity contribution in [1.82, 2.24) is 0 Å². The molecule has 0 fully saturated rings. The molecule has 0 radical (unpaired) electrons. The van der Waals surface area contributed by atoms with Gasteiger partial charge in [0.05, 0.1) is 26.9 Å². The maximum absolute atomic E-state index is 11.8. The molecule has 27 heavy (non-hydrogen) atoms. The summed E-state index contributed by atoms with van der Waals surface area (Å²) in [5.74, 6) is -0.677. The molecule has 6 nitrogen and oxygen atoms in total. The monoisotopic (exact) mass is 370 g/mol. The van der Waals surface area contributed by atoms with Crippen molar-refractivity contribution in [3.05, 3.63) is 71.3 Å². The van der Waals surface area contributed by atoms with Gasteiger partial charge in [0.2, 0.25) is 0 Å². The van der Waals surface area contributed by atoms with Crippen molar-refractivity contribution in [1.29, 1.82) is 0 Å². The lowest BCUT2D eigenvalue weighted by Gasteiger charge is -2.21. The van der Waals surface area contributed by atoms with E-state index < -0.39 is 11.9 Å². The Hall–Kier alpha value is -3.28. The van der Waals surface area contributed by atoms with Crippen LogP contribution in [-0.2, 0) is 9.53 Å². The third-order valence-electron chi connectivity index (χ3n) is 4.21. The Labute approximate surface area is 158 Å². The number of carbonyl (C=O) groups is 2. The van der Waals surface area contributed by atoms with E-state index >= 15 is 0 Å². The maximum Gasteiger partial charge on any atom is 0.336 e. The number of carboxylic acids is 1. The van der Waals surface area contributed by atoms with Crippen LogP contribution in [0.1, 0.15) is 33.8 Å². The molecule has 0 spiro atoms. The SMILES string of the molecule is COC(=O)/C=C/CC(c1ccc(OC)cc1)c1c(OC)cccc1C(=O)O. The number of hydrogen-bond acceptors (Lipinski definition) is 5. The Balaban J connectivity index is 2.56. The zero-order chi connectivity index (χ0) is 19.8. The summed E-state index contributed by atoms with van der Waals surface area (Å²) >= 11 is 0. The molecule has 0 aliphatic rings. The van der Waals surface area contributed by atoms with Crippen LogP contribution >= 0.6 is 0 Å². The summed E-state index contributed by atoms with van der Waals surface area (Å²) in [5, 5.41) is 9.65. The highest BCUT2D eigenvalue weighted by Gasteiger charge is 2.24. The van der Waals surface area contributed by atoms with E-state index in [2.05, 4.69) is 4.74 Å². The number of hydrogen-bond donors (Lipinski definition) is 1. The van der Waals surface area contributed by atoms with Crippen LogP contribution in [0.4, 0.5) is 0 Å². The summed E-state index contributed by atoms with van der Waals surface area (Å²) in [7, 11) is 4.38. The molecule has 142 valence electrons. The summed E-state index contributed by atoms with van der Waals surface area (Å²) in [6.07, 6.45) is 3.38. The topological polar surface area (TPSA) is 82.1 Å². The van der Waals surface area contributed by atoms with Crippen LogP contribution in [0.2, 0.25) is 0 Å². The van der Waals surface area contributed by atoms with Gasteiger partial charge in [-0.1, -0.05) is 24.3 Å². The average Bonchev–Trinajstić information content (AvgIpc) is 2.70. The second kappa shape index (κ2) is 9.43. The molecule has 0 aliphatic carbocycles. The van der Waals surface area contributed by atoms with Crippen molar-refractivity contribution in [2.24, 2.45) is 0 Å². The minimum atomic E-state index is -1.04. The molecule has 1 unspecified atom stereocenters. The highest BCUT2D eigenvalue weighted by Crippen LogP contribution is 2.38. The van der Waals surface area contributed by atoms with Crippen molar-refractivity contribution in [3.63, 3.8) is 0 Å². The first-order chi connectivity index (χ1) is 13.0. The number of carboxylic acid groups (broad SMARTS) is 1. The Morgan fingerprint density at radius 2 is 1.74 bits per heavy atom. The third-order valence-corrected chi connectivity index (χ3v) is 4.21. The van der Waals surface area contributed by atoms with Crippen LogP contribution in [0.3, 0.4) is 0 Å². The van der Waals surface area contributed by atoms with Gasteiger partial charge in [-0.05, 0) is 36.2 Å². The molecule has 1 N–H and O–H groups in total. The van der Waals surface area contributed by atoms with Crippen LogP contribution in [0.5, 0.6) is 11.5 Å². The molecule has 0 amide bonds. The predicted molar refractivity (Wildman–Crippen MR) is 101 cm³/mol. The van der Waals surface area contributed by atoms with E-state index in [1.807, 2.05) is 24.3 Å². The Kier molecular flexibility index (Phi) is 7.00. The first-order valence-corrected chi connectivity index (χ1v) is 8.30. The fourth-order valence-corrected chi connectivity index (χ4v) is 2.89. The number of ether oxygens (including phenoxy) is 3. The molecule has 0 aromatic heterocycles. The molecule has 2 aromatic rings. The lowest BCUT2D eigenvalue weighted by molar-refractivity contribution is -0.134.